The standard InChI is InChI=1S/C19H19N3O4/c1-13-4-2-5-14(10-13)18(24)21-16-7-3-6-15(11-16)20-17(23)12-22-8-9-26-19(22)25/h2-7,10-11H,8-9,12H2,1H3,(H,20,23)(H,21,24). The Labute approximate surface area is 150 Å². The first kappa shape index (κ1) is 17.5. The molecule has 2 N–H and O–H groups in total. The van der Waals surface area contributed by atoms with Crippen LogP contribution in [-0.2, 0) is 9.53 Å². The lowest BCUT2D eigenvalue weighted by atomic mass is 10.1. The number of aryl methyl sites for hydroxylation is 1. The second-order valence-electron chi connectivity index (χ2n) is 5.99. The van der Waals surface area contributed by atoms with Gasteiger partial charge in [-0.15, -0.1) is 0 Å². The minimum absolute atomic E-state index is 0.0707. The fourth-order valence-corrected chi connectivity index (χ4v) is 2.61. The fraction of sp³-hybridized carbons (Fsp3) is 0.211. The topological polar surface area (TPSA) is 87.7 Å². The second-order valence-corrected chi connectivity index (χ2v) is 5.99. The molecule has 0 aromatic heterocycles. The molecule has 0 spiro atoms. The number of carbonyl (C=O) groups is 3. The van der Waals surface area contributed by atoms with Crippen LogP contribution >= 0.6 is 0 Å². The molecule has 2 aromatic rings. The maximum atomic E-state index is 12.3. The molecule has 0 unspecified atom stereocenters. The number of carbonyl (C=O) groups excluding carboxylic acids is 3. The minimum atomic E-state index is -0.487. The zero-order chi connectivity index (χ0) is 18.5. The molecule has 2 aromatic carbocycles. The van der Waals surface area contributed by atoms with Crippen LogP contribution in [0.4, 0.5) is 16.2 Å². The summed E-state index contributed by atoms with van der Waals surface area (Å²) >= 11 is 0. The molecule has 0 aliphatic carbocycles. The molecule has 3 rings (SSSR count). The van der Waals surface area contributed by atoms with Crippen LogP contribution in [0.5, 0.6) is 0 Å². The Kier molecular flexibility index (Phi) is 5.17. The van der Waals surface area contributed by atoms with E-state index in [1.165, 1.54) is 4.90 Å². The zero-order valence-electron chi connectivity index (χ0n) is 14.3. The van der Waals surface area contributed by atoms with E-state index in [1.54, 1.807) is 36.4 Å². The predicted molar refractivity (Wildman–Crippen MR) is 97.1 cm³/mol. The van der Waals surface area contributed by atoms with E-state index in [0.717, 1.165) is 5.56 Å². The molecule has 1 fully saturated rings. The summed E-state index contributed by atoms with van der Waals surface area (Å²) in [5.74, 6) is -0.553. The van der Waals surface area contributed by atoms with Gasteiger partial charge in [0.15, 0.2) is 0 Å². The molecule has 3 amide bonds. The molecule has 0 radical (unpaired) electrons. The van der Waals surface area contributed by atoms with Gasteiger partial charge in [0.1, 0.15) is 13.2 Å². The molecule has 0 atom stereocenters. The predicted octanol–water partition coefficient (Wildman–Crippen LogP) is 2.64. The molecule has 0 saturated carbocycles. The normalized spacial score (nSPS) is 13.3. The molecule has 0 bridgehead atoms. The summed E-state index contributed by atoms with van der Waals surface area (Å²) in [6, 6.07) is 14.1. The van der Waals surface area contributed by atoms with Gasteiger partial charge in [0.05, 0.1) is 6.54 Å². The average molecular weight is 353 g/mol. The summed E-state index contributed by atoms with van der Waals surface area (Å²) in [4.78, 5) is 37.1. The highest BCUT2D eigenvalue weighted by atomic mass is 16.6. The van der Waals surface area contributed by atoms with E-state index in [0.29, 0.717) is 30.1 Å². The lowest BCUT2D eigenvalue weighted by Gasteiger charge is -2.13. The average Bonchev–Trinajstić information content (AvgIpc) is 3.00. The van der Waals surface area contributed by atoms with Crippen molar-refractivity contribution in [1.29, 1.82) is 0 Å². The number of benzene rings is 2. The highest BCUT2D eigenvalue weighted by Gasteiger charge is 2.24. The second kappa shape index (κ2) is 7.69. The van der Waals surface area contributed by atoms with Crippen LogP contribution in [-0.4, -0.2) is 42.5 Å². The van der Waals surface area contributed by atoms with Gasteiger partial charge < -0.3 is 15.4 Å². The first-order valence-electron chi connectivity index (χ1n) is 8.21. The number of nitrogens with zero attached hydrogens (tertiary/aromatic N) is 1. The summed E-state index contributed by atoms with van der Waals surface area (Å²) in [6.45, 7) is 2.55. The van der Waals surface area contributed by atoms with E-state index in [9.17, 15) is 14.4 Å². The van der Waals surface area contributed by atoms with Crippen LogP contribution in [0.25, 0.3) is 0 Å². The Hall–Kier alpha value is -3.35. The highest BCUT2D eigenvalue weighted by Crippen LogP contribution is 2.17. The van der Waals surface area contributed by atoms with Crippen LogP contribution in [0.3, 0.4) is 0 Å². The molecule has 1 aliphatic heterocycles. The first-order valence-corrected chi connectivity index (χ1v) is 8.21. The number of nitrogens with one attached hydrogen (secondary N) is 2. The Morgan fingerprint density at radius 3 is 2.50 bits per heavy atom. The van der Waals surface area contributed by atoms with Crippen LogP contribution in [0, 0.1) is 6.92 Å². The van der Waals surface area contributed by atoms with Gasteiger partial charge in [0.2, 0.25) is 5.91 Å². The van der Waals surface area contributed by atoms with Crippen molar-refractivity contribution in [2.24, 2.45) is 0 Å². The van der Waals surface area contributed by atoms with Gasteiger partial charge in [-0.1, -0.05) is 23.8 Å². The molecule has 1 saturated heterocycles. The quantitative estimate of drug-likeness (QED) is 0.865. The number of ether oxygens (including phenoxy) is 1. The van der Waals surface area contributed by atoms with Crippen molar-refractivity contribution in [2.45, 2.75) is 6.92 Å². The summed E-state index contributed by atoms with van der Waals surface area (Å²) in [6.07, 6.45) is -0.487. The lowest BCUT2D eigenvalue weighted by Crippen LogP contribution is -2.33. The maximum Gasteiger partial charge on any atom is 0.410 e. The number of cyclic esters (lactones) is 1. The number of hydrogen-bond donors (Lipinski definition) is 2. The summed E-state index contributed by atoms with van der Waals surface area (Å²) < 4.78 is 4.79. The van der Waals surface area contributed by atoms with Crippen molar-refractivity contribution in [2.75, 3.05) is 30.3 Å². The van der Waals surface area contributed by atoms with E-state index >= 15 is 0 Å². The van der Waals surface area contributed by atoms with Crippen molar-refractivity contribution >= 4 is 29.3 Å². The molecule has 26 heavy (non-hydrogen) atoms. The molecular weight excluding hydrogens is 334 g/mol. The third-order valence-corrected chi connectivity index (χ3v) is 3.86. The molecular formula is C19H19N3O4. The van der Waals surface area contributed by atoms with Gasteiger partial charge >= 0.3 is 6.09 Å². The van der Waals surface area contributed by atoms with E-state index in [-0.39, 0.29) is 18.4 Å². The van der Waals surface area contributed by atoms with E-state index in [2.05, 4.69) is 10.6 Å². The van der Waals surface area contributed by atoms with Gasteiger partial charge in [-0.25, -0.2) is 4.79 Å². The molecule has 134 valence electrons. The van der Waals surface area contributed by atoms with Crippen molar-refractivity contribution in [3.8, 4) is 0 Å². The van der Waals surface area contributed by atoms with Gasteiger partial charge in [-0.05, 0) is 37.3 Å². The van der Waals surface area contributed by atoms with E-state index in [1.807, 2.05) is 19.1 Å². The van der Waals surface area contributed by atoms with Crippen LogP contribution in [0.1, 0.15) is 15.9 Å². The molecule has 7 heteroatoms. The highest BCUT2D eigenvalue weighted by molar-refractivity contribution is 6.04. The van der Waals surface area contributed by atoms with Crippen LogP contribution in [0.2, 0.25) is 0 Å². The Morgan fingerprint density at radius 2 is 1.81 bits per heavy atom. The number of anilines is 2. The van der Waals surface area contributed by atoms with Gasteiger partial charge in [-0.3, -0.25) is 14.5 Å². The Balaban J connectivity index is 1.61. The van der Waals surface area contributed by atoms with Crippen LogP contribution < -0.4 is 10.6 Å². The Morgan fingerprint density at radius 1 is 1.08 bits per heavy atom. The van der Waals surface area contributed by atoms with Crippen molar-refractivity contribution in [3.05, 3.63) is 59.7 Å². The summed E-state index contributed by atoms with van der Waals surface area (Å²) in [5, 5.41) is 5.52. The van der Waals surface area contributed by atoms with Gasteiger partial charge in [0.25, 0.3) is 5.91 Å². The third-order valence-electron chi connectivity index (χ3n) is 3.86. The minimum Gasteiger partial charge on any atom is -0.448 e. The smallest absolute Gasteiger partial charge is 0.410 e. The third kappa shape index (κ3) is 4.38. The van der Waals surface area contributed by atoms with Gasteiger partial charge in [0, 0.05) is 16.9 Å². The number of amides is 3. The first-order chi connectivity index (χ1) is 12.5. The van der Waals surface area contributed by atoms with Crippen molar-refractivity contribution in [3.63, 3.8) is 0 Å². The number of rotatable bonds is 5. The summed E-state index contributed by atoms with van der Waals surface area (Å²) in [5.41, 5.74) is 2.66. The molecule has 7 nitrogen and oxygen atoms in total. The maximum absolute atomic E-state index is 12.3. The fourth-order valence-electron chi connectivity index (χ4n) is 2.61. The largest absolute Gasteiger partial charge is 0.448 e. The molecule has 1 heterocycles. The van der Waals surface area contributed by atoms with Crippen LogP contribution in [0.15, 0.2) is 48.5 Å². The lowest BCUT2D eigenvalue weighted by molar-refractivity contribution is -0.116. The van der Waals surface area contributed by atoms with E-state index in [4.69, 9.17) is 4.74 Å². The summed E-state index contributed by atoms with van der Waals surface area (Å²) in [7, 11) is 0. The van der Waals surface area contributed by atoms with E-state index < -0.39 is 6.09 Å². The molecule has 1 aliphatic rings. The number of hydrogen-bond acceptors (Lipinski definition) is 4. The van der Waals surface area contributed by atoms with Crippen molar-refractivity contribution in [1.82, 2.24) is 4.90 Å². The van der Waals surface area contributed by atoms with Crippen molar-refractivity contribution < 1.29 is 19.1 Å². The van der Waals surface area contributed by atoms with Gasteiger partial charge in [-0.2, -0.15) is 0 Å². The Bertz CT molecular complexity index is 850. The zero-order valence-corrected chi connectivity index (χ0v) is 14.3. The SMILES string of the molecule is Cc1cccc(C(=O)Nc2cccc(NC(=O)CN3CCOC3=O)c2)c1. The monoisotopic (exact) mass is 353 g/mol.